The maximum Gasteiger partial charge on any atom is 0.421 e. The summed E-state index contributed by atoms with van der Waals surface area (Å²) in [7, 11) is 0. The molecule has 0 heterocycles. The summed E-state index contributed by atoms with van der Waals surface area (Å²) in [5, 5.41) is 8.77. The second-order valence-corrected chi connectivity index (χ2v) is 2.39. The highest BCUT2D eigenvalue weighted by Crippen LogP contribution is 2.39. The smallest absolute Gasteiger partial charge is 0.421 e. The van der Waals surface area contributed by atoms with Crippen LogP contribution in [0, 0.1) is 5.82 Å². The first-order valence-corrected chi connectivity index (χ1v) is 3.17. The van der Waals surface area contributed by atoms with Gasteiger partial charge in [0.05, 0.1) is 5.69 Å². The quantitative estimate of drug-likeness (QED) is 0.492. The van der Waals surface area contributed by atoms with Crippen LogP contribution >= 0.6 is 0 Å². The largest absolute Gasteiger partial charge is 0.507 e. The Labute approximate surface area is 70.6 Å². The fourth-order valence-electron chi connectivity index (χ4n) is 0.922. The fourth-order valence-corrected chi connectivity index (χ4v) is 0.922. The van der Waals surface area contributed by atoms with Crippen molar-refractivity contribution in [3.8, 4) is 5.75 Å². The Bertz CT molecular complexity index is 311. The first-order valence-electron chi connectivity index (χ1n) is 3.17. The van der Waals surface area contributed by atoms with E-state index in [2.05, 4.69) is 0 Å². The summed E-state index contributed by atoms with van der Waals surface area (Å²) >= 11 is 0. The zero-order valence-corrected chi connectivity index (χ0v) is 6.19. The Morgan fingerprint density at radius 1 is 1.23 bits per heavy atom. The second-order valence-electron chi connectivity index (χ2n) is 2.39. The molecule has 1 rings (SSSR count). The van der Waals surface area contributed by atoms with E-state index >= 15 is 0 Å². The second kappa shape index (κ2) is 2.79. The Balaban J connectivity index is 3.38. The van der Waals surface area contributed by atoms with Crippen LogP contribution in [0.4, 0.5) is 23.2 Å². The monoisotopic (exact) mass is 195 g/mol. The van der Waals surface area contributed by atoms with Gasteiger partial charge in [0.15, 0.2) is 0 Å². The molecule has 3 N–H and O–H groups in total. The van der Waals surface area contributed by atoms with Crippen molar-refractivity contribution in [1.82, 2.24) is 0 Å². The summed E-state index contributed by atoms with van der Waals surface area (Å²) in [6.07, 6.45) is -4.78. The zero-order chi connectivity index (χ0) is 10.2. The van der Waals surface area contributed by atoms with Gasteiger partial charge in [-0.25, -0.2) is 4.39 Å². The summed E-state index contributed by atoms with van der Waals surface area (Å²) in [5.74, 6) is -2.21. The first-order chi connectivity index (χ1) is 5.82. The van der Waals surface area contributed by atoms with Crippen LogP contribution in [0.5, 0.6) is 5.75 Å². The van der Waals surface area contributed by atoms with Crippen LogP contribution in [-0.2, 0) is 6.18 Å². The molecule has 2 nitrogen and oxygen atoms in total. The van der Waals surface area contributed by atoms with Crippen molar-refractivity contribution in [2.24, 2.45) is 0 Å². The maximum atomic E-state index is 12.4. The molecule has 0 saturated heterocycles. The number of aromatic hydroxyl groups is 1. The number of hydrogen-bond donors (Lipinski definition) is 2. The minimum Gasteiger partial charge on any atom is -0.507 e. The Morgan fingerprint density at radius 2 is 1.77 bits per heavy atom. The highest BCUT2D eigenvalue weighted by Gasteiger charge is 2.36. The van der Waals surface area contributed by atoms with Crippen molar-refractivity contribution >= 4 is 5.69 Å². The number of nitrogen functional groups attached to an aromatic ring is 1. The van der Waals surface area contributed by atoms with Crippen molar-refractivity contribution in [2.45, 2.75) is 6.18 Å². The molecule has 0 saturated carbocycles. The van der Waals surface area contributed by atoms with Gasteiger partial charge in [0.1, 0.15) is 17.1 Å². The van der Waals surface area contributed by atoms with Gasteiger partial charge < -0.3 is 10.8 Å². The van der Waals surface area contributed by atoms with E-state index in [0.717, 1.165) is 0 Å². The number of anilines is 1. The van der Waals surface area contributed by atoms with E-state index in [4.69, 9.17) is 10.8 Å². The number of phenolic OH excluding ortho intramolecular Hbond substituents is 1. The van der Waals surface area contributed by atoms with Crippen molar-refractivity contribution in [2.75, 3.05) is 5.73 Å². The van der Waals surface area contributed by atoms with Gasteiger partial charge in [-0.05, 0) is 6.07 Å². The standard InChI is InChI=1S/C7H5F4NO/c8-3-1-4(12)6(5(13)2-3)7(9,10)11/h1-2,13H,12H2. The van der Waals surface area contributed by atoms with Crippen LogP contribution in [-0.4, -0.2) is 5.11 Å². The fraction of sp³-hybridized carbons (Fsp3) is 0.143. The molecule has 0 unspecified atom stereocenters. The molecular weight excluding hydrogens is 190 g/mol. The minimum atomic E-state index is -4.78. The molecule has 0 aliphatic rings. The van der Waals surface area contributed by atoms with Crippen molar-refractivity contribution in [1.29, 1.82) is 0 Å². The van der Waals surface area contributed by atoms with Gasteiger partial charge in [-0.3, -0.25) is 0 Å². The van der Waals surface area contributed by atoms with Gasteiger partial charge in [0, 0.05) is 6.07 Å². The van der Waals surface area contributed by atoms with Crippen LogP contribution in [0.15, 0.2) is 12.1 Å². The lowest BCUT2D eigenvalue weighted by molar-refractivity contribution is -0.138. The van der Waals surface area contributed by atoms with E-state index in [0.29, 0.717) is 12.1 Å². The van der Waals surface area contributed by atoms with Gasteiger partial charge in [0.2, 0.25) is 0 Å². The highest BCUT2D eigenvalue weighted by molar-refractivity contribution is 5.55. The summed E-state index contributed by atoms with van der Waals surface area (Å²) in [6.45, 7) is 0. The van der Waals surface area contributed by atoms with Crippen LogP contribution in [0.3, 0.4) is 0 Å². The normalized spacial score (nSPS) is 11.7. The third kappa shape index (κ3) is 1.82. The Hall–Kier alpha value is -1.46. The predicted molar refractivity (Wildman–Crippen MR) is 37.5 cm³/mol. The summed E-state index contributed by atoms with van der Waals surface area (Å²) < 4.78 is 48.6. The van der Waals surface area contributed by atoms with Gasteiger partial charge >= 0.3 is 6.18 Å². The number of benzene rings is 1. The maximum absolute atomic E-state index is 12.4. The van der Waals surface area contributed by atoms with Crippen LogP contribution < -0.4 is 5.73 Å². The van der Waals surface area contributed by atoms with Gasteiger partial charge in [-0.15, -0.1) is 0 Å². The lowest BCUT2D eigenvalue weighted by atomic mass is 10.1. The van der Waals surface area contributed by atoms with Crippen molar-refractivity contribution < 1.29 is 22.7 Å². The summed E-state index contributed by atoms with van der Waals surface area (Å²) in [4.78, 5) is 0. The van der Waals surface area contributed by atoms with Crippen LogP contribution in [0.2, 0.25) is 0 Å². The van der Waals surface area contributed by atoms with Gasteiger partial charge in [0.25, 0.3) is 0 Å². The molecule has 0 aliphatic carbocycles. The molecule has 0 radical (unpaired) electrons. The number of halogens is 4. The number of alkyl halides is 3. The molecule has 0 amide bonds. The lowest BCUT2D eigenvalue weighted by Gasteiger charge is -2.11. The van der Waals surface area contributed by atoms with E-state index in [1.807, 2.05) is 0 Å². The molecule has 0 fully saturated rings. The van der Waals surface area contributed by atoms with Gasteiger partial charge in [-0.1, -0.05) is 0 Å². The van der Waals surface area contributed by atoms with Crippen molar-refractivity contribution in [3.05, 3.63) is 23.5 Å². The number of rotatable bonds is 0. The predicted octanol–water partition coefficient (Wildman–Crippen LogP) is 2.13. The number of hydrogen-bond acceptors (Lipinski definition) is 2. The Kier molecular flexibility index (Phi) is 2.07. The molecule has 0 aromatic heterocycles. The number of phenols is 1. The van der Waals surface area contributed by atoms with E-state index in [1.165, 1.54) is 0 Å². The summed E-state index contributed by atoms with van der Waals surface area (Å²) in [5.41, 5.74) is 2.65. The van der Waals surface area contributed by atoms with Crippen LogP contribution in [0.25, 0.3) is 0 Å². The first kappa shape index (κ1) is 9.63. The van der Waals surface area contributed by atoms with Crippen LogP contribution in [0.1, 0.15) is 5.56 Å². The molecular formula is C7H5F4NO. The van der Waals surface area contributed by atoms with E-state index in [9.17, 15) is 17.6 Å². The third-order valence-electron chi connectivity index (χ3n) is 1.40. The average Bonchev–Trinajstić information content (AvgIpc) is 1.78. The highest BCUT2D eigenvalue weighted by atomic mass is 19.4. The van der Waals surface area contributed by atoms with E-state index in [1.54, 1.807) is 0 Å². The Morgan fingerprint density at radius 3 is 2.15 bits per heavy atom. The minimum absolute atomic E-state index is 0.360. The van der Waals surface area contributed by atoms with Crippen molar-refractivity contribution in [3.63, 3.8) is 0 Å². The third-order valence-corrected chi connectivity index (χ3v) is 1.40. The lowest BCUT2D eigenvalue weighted by Crippen LogP contribution is -2.09. The molecule has 13 heavy (non-hydrogen) atoms. The molecule has 6 heteroatoms. The zero-order valence-electron chi connectivity index (χ0n) is 6.19. The van der Waals surface area contributed by atoms with E-state index < -0.39 is 29.0 Å². The molecule has 72 valence electrons. The summed E-state index contributed by atoms with van der Waals surface area (Å²) in [6, 6.07) is 0.863. The molecule has 0 atom stereocenters. The van der Waals surface area contributed by atoms with Gasteiger partial charge in [-0.2, -0.15) is 13.2 Å². The molecule has 0 bridgehead atoms. The molecule has 1 aromatic rings. The average molecular weight is 195 g/mol. The molecule has 1 aromatic carbocycles. The number of nitrogens with two attached hydrogens (primary N) is 1. The molecule has 0 spiro atoms. The topological polar surface area (TPSA) is 46.2 Å². The SMILES string of the molecule is Nc1cc(F)cc(O)c1C(F)(F)F. The molecule has 0 aliphatic heterocycles. The van der Waals surface area contributed by atoms with E-state index in [-0.39, 0.29) is 0 Å².